The molecule has 0 aliphatic rings. The topological polar surface area (TPSA) is 46.3 Å². The first kappa shape index (κ1) is 8.93. The van der Waals surface area contributed by atoms with Gasteiger partial charge < -0.3 is 9.52 Å². The van der Waals surface area contributed by atoms with Crippen LogP contribution in [0.5, 0.6) is 0 Å². The van der Waals surface area contributed by atoms with Crippen LogP contribution in [0, 0.1) is 0 Å². The molecule has 0 amide bonds. The van der Waals surface area contributed by atoms with Crippen molar-refractivity contribution in [2.75, 3.05) is 0 Å². The van der Waals surface area contributed by atoms with E-state index in [9.17, 15) is 5.11 Å². The average Bonchev–Trinajstić information content (AvgIpc) is 2.72. The summed E-state index contributed by atoms with van der Waals surface area (Å²) in [6.45, 7) is 0. The van der Waals surface area contributed by atoms with Gasteiger partial charge in [-0.1, -0.05) is 0 Å². The van der Waals surface area contributed by atoms with Crippen LogP contribution in [0.2, 0.25) is 0 Å². The normalized spacial score (nSPS) is 13.1. The van der Waals surface area contributed by atoms with Gasteiger partial charge in [0.25, 0.3) is 0 Å². The number of hydrogen-bond acceptors (Lipinski definition) is 4. The van der Waals surface area contributed by atoms with Crippen molar-refractivity contribution in [3.05, 3.63) is 39.7 Å². The van der Waals surface area contributed by atoms with E-state index in [1.807, 2.05) is 0 Å². The van der Waals surface area contributed by atoms with Gasteiger partial charge in [0.2, 0.25) is 0 Å². The van der Waals surface area contributed by atoms with E-state index in [1.165, 1.54) is 17.8 Å². The maximum absolute atomic E-state index is 9.83. The lowest BCUT2D eigenvalue weighted by Crippen LogP contribution is -1.95. The Balaban J connectivity index is 2.33. The van der Waals surface area contributed by atoms with Crippen LogP contribution in [0.25, 0.3) is 0 Å². The van der Waals surface area contributed by atoms with Crippen LogP contribution in [-0.2, 0) is 0 Å². The minimum atomic E-state index is -0.652. The first-order valence-corrected chi connectivity index (χ1v) is 5.17. The Bertz CT molecular complexity index is 385. The van der Waals surface area contributed by atoms with Crippen LogP contribution in [0.15, 0.2) is 33.7 Å². The Labute approximate surface area is 87.3 Å². The summed E-state index contributed by atoms with van der Waals surface area (Å²) in [5, 5.41) is 9.83. The van der Waals surface area contributed by atoms with Gasteiger partial charge in [-0.15, -0.1) is 0 Å². The van der Waals surface area contributed by atoms with Crippen molar-refractivity contribution in [1.82, 2.24) is 4.37 Å². The van der Waals surface area contributed by atoms with Crippen LogP contribution < -0.4 is 0 Å². The van der Waals surface area contributed by atoms with Crippen LogP contribution >= 0.6 is 27.5 Å². The Kier molecular flexibility index (Phi) is 2.48. The van der Waals surface area contributed by atoms with E-state index < -0.39 is 6.10 Å². The maximum atomic E-state index is 9.83. The lowest BCUT2D eigenvalue weighted by Gasteiger charge is -2.04. The summed E-state index contributed by atoms with van der Waals surface area (Å²) < 4.78 is 9.51. The molecule has 0 aromatic carbocycles. The summed E-state index contributed by atoms with van der Waals surface area (Å²) in [6, 6.07) is 3.52. The number of furan rings is 1. The molecule has 2 heterocycles. The summed E-state index contributed by atoms with van der Waals surface area (Å²) in [6.07, 6.45) is 2.54. The van der Waals surface area contributed by atoms with E-state index in [4.69, 9.17) is 4.42 Å². The predicted molar refractivity (Wildman–Crippen MR) is 52.6 cm³/mol. The van der Waals surface area contributed by atoms with Crippen LogP contribution in [0.1, 0.15) is 16.5 Å². The third kappa shape index (κ3) is 1.67. The molecule has 0 saturated carbocycles. The third-order valence-corrected chi connectivity index (χ3v) is 3.11. The van der Waals surface area contributed by atoms with Crippen molar-refractivity contribution >= 4 is 27.5 Å². The maximum Gasteiger partial charge on any atom is 0.175 e. The molecular weight excluding hydrogens is 254 g/mol. The fourth-order valence-electron chi connectivity index (χ4n) is 1.02. The standard InChI is InChI=1S/C8H6BrNO2S/c9-8-5(2-4-12-8)7(11)6-1-3-10-13-6/h1-4,7,11H. The SMILES string of the molecule is OC(c1ccns1)c1ccoc1Br. The zero-order valence-electron chi connectivity index (χ0n) is 6.48. The van der Waals surface area contributed by atoms with Crippen molar-refractivity contribution in [2.45, 2.75) is 6.10 Å². The molecule has 0 spiro atoms. The fraction of sp³-hybridized carbons (Fsp3) is 0.125. The van der Waals surface area contributed by atoms with E-state index >= 15 is 0 Å². The van der Waals surface area contributed by atoms with Gasteiger partial charge in [0.1, 0.15) is 6.10 Å². The van der Waals surface area contributed by atoms with Gasteiger partial charge in [0.05, 0.1) is 11.1 Å². The molecule has 68 valence electrons. The molecule has 0 aliphatic carbocycles. The summed E-state index contributed by atoms with van der Waals surface area (Å²) in [4.78, 5) is 0.808. The summed E-state index contributed by atoms with van der Waals surface area (Å²) >= 11 is 4.49. The minimum Gasteiger partial charge on any atom is -0.457 e. The Morgan fingerprint density at radius 3 is 2.92 bits per heavy atom. The molecule has 0 bridgehead atoms. The first-order chi connectivity index (χ1) is 6.29. The van der Waals surface area contributed by atoms with Crippen LogP contribution in [0.3, 0.4) is 0 Å². The molecule has 1 atom stereocenters. The van der Waals surface area contributed by atoms with Gasteiger partial charge in [-0.2, -0.15) is 0 Å². The molecule has 0 saturated heterocycles. The van der Waals surface area contributed by atoms with E-state index in [0.29, 0.717) is 4.67 Å². The van der Waals surface area contributed by atoms with Crippen LogP contribution in [-0.4, -0.2) is 9.48 Å². The number of halogens is 1. The number of rotatable bonds is 2. The molecule has 0 aliphatic heterocycles. The largest absolute Gasteiger partial charge is 0.457 e. The first-order valence-electron chi connectivity index (χ1n) is 3.60. The van der Waals surface area contributed by atoms with Crippen LogP contribution in [0.4, 0.5) is 0 Å². The number of aromatic nitrogens is 1. The zero-order chi connectivity index (χ0) is 9.26. The van der Waals surface area contributed by atoms with Crippen molar-refractivity contribution in [3.63, 3.8) is 0 Å². The molecule has 2 aromatic heterocycles. The highest BCUT2D eigenvalue weighted by Gasteiger charge is 2.16. The van der Waals surface area contributed by atoms with Crippen molar-refractivity contribution < 1.29 is 9.52 Å². The smallest absolute Gasteiger partial charge is 0.175 e. The second-order valence-corrected chi connectivity index (χ2v) is 4.05. The molecule has 13 heavy (non-hydrogen) atoms. The lowest BCUT2D eigenvalue weighted by atomic mass is 10.2. The highest BCUT2D eigenvalue weighted by atomic mass is 79.9. The van der Waals surface area contributed by atoms with E-state index in [2.05, 4.69) is 20.3 Å². The van der Waals surface area contributed by atoms with Gasteiger partial charge in [-0.05, 0) is 39.6 Å². The van der Waals surface area contributed by atoms with E-state index in [0.717, 1.165) is 10.4 Å². The van der Waals surface area contributed by atoms with Crippen molar-refractivity contribution in [1.29, 1.82) is 0 Å². The summed E-state index contributed by atoms with van der Waals surface area (Å²) in [5.74, 6) is 0. The van der Waals surface area contributed by atoms with Gasteiger partial charge in [0.15, 0.2) is 4.67 Å². The molecular formula is C8H6BrNO2S. The fourth-order valence-corrected chi connectivity index (χ4v) is 2.07. The predicted octanol–water partition coefficient (Wildman–Crippen LogP) is 2.58. The number of aliphatic hydroxyl groups excluding tert-OH is 1. The molecule has 5 heteroatoms. The van der Waals surface area contributed by atoms with Crippen molar-refractivity contribution in [2.24, 2.45) is 0 Å². The van der Waals surface area contributed by atoms with Gasteiger partial charge >= 0.3 is 0 Å². The Morgan fingerprint density at radius 2 is 2.38 bits per heavy atom. The Hall–Kier alpha value is -0.650. The molecule has 2 aromatic rings. The van der Waals surface area contributed by atoms with Gasteiger partial charge in [-0.25, -0.2) is 4.37 Å². The van der Waals surface area contributed by atoms with E-state index in [1.54, 1.807) is 18.3 Å². The molecule has 0 radical (unpaired) electrons. The third-order valence-electron chi connectivity index (χ3n) is 1.67. The minimum absolute atomic E-state index is 0.563. The molecule has 2 rings (SSSR count). The quantitative estimate of drug-likeness (QED) is 0.902. The molecule has 3 nitrogen and oxygen atoms in total. The Morgan fingerprint density at radius 1 is 1.54 bits per heavy atom. The second-order valence-electron chi connectivity index (χ2n) is 2.47. The monoisotopic (exact) mass is 259 g/mol. The van der Waals surface area contributed by atoms with Crippen molar-refractivity contribution in [3.8, 4) is 0 Å². The molecule has 1 unspecified atom stereocenters. The number of hydrogen-bond donors (Lipinski definition) is 1. The van der Waals surface area contributed by atoms with E-state index in [-0.39, 0.29) is 0 Å². The lowest BCUT2D eigenvalue weighted by molar-refractivity contribution is 0.222. The van der Waals surface area contributed by atoms with Gasteiger partial charge in [-0.3, -0.25) is 0 Å². The molecule has 1 N–H and O–H groups in total. The number of aliphatic hydroxyl groups is 1. The number of nitrogens with zero attached hydrogens (tertiary/aromatic N) is 1. The average molecular weight is 260 g/mol. The highest BCUT2D eigenvalue weighted by molar-refractivity contribution is 9.10. The molecule has 0 fully saturated rings. The zero-order valence-corrected chi connectivity index (χ0v) is 8.88. The second kappa shape index (κ2) is 3.61. The summed E-state index contributed by atoms with van der Waals surface area (Å²) in [5.41, 5.74) is 0.726. The summed E-state index contributed by atoms with van der Waals surface area (Å²) in [7, 11) is 0. The van der Waals surface area contributed by atoms with Gasteiger partial charge in [0, 0.05) is 11.8 Å². The highest BCUT2D eigenvalue weighted by Crippen LogP contribution is 2.30.